The van der Waals surface area contributed by atoms with Crippen LogP contribution in [-0.2, 0) is 9.59 Å². The maximum absolute atomic E-state index is 13.0. The van der Waals surface area contributed by atoms with Gasteiger partial charge in [0.15, 0.2) is 11.3 Å². The van der Waals surface area contributed by atoms with Gasteiger partial charge in [0.25, 0.3) is 5.91 Å². The molecule has 2 aromatic rings. The van der Waals surface area contributed by atoms with Crippen molar-refractivity contribution in [3.05, 3.63) is 39.7 Å². The van der Waals surface area contributed by atoms with Crippen LogP contribution in [0.5, 0.6) is 5.75 Å². The molecule has 1 aromatic heterocycles. The van der Waals surface area contributed by atoms with Gasteiger partial charge in [-0.1, -0.05) is 43.4 Å². The Bertz CT molecular complexity index is 1000. The van der Waals surface area contributed by atoms with Crippen molar-refractivity contribution < 1.29 is 19.4 Å². The van der Waals surface area contributed by atoms with Crippen LogP contribution in [0, 0.1) is 6.92 Å². The Morgan fingerprint density at radius 1 is 1.33 bits per heavy atom. The number of amides is 1. The minimum atomic E-state index is -1.03. The third-order valence-corrected chi connectivity index (χ3v) is 5.90. The zero-order valence-corrected chi connectivity index (χ0v) is 18.5. The average Bonchev–Trinajstić information content (AvgIpc) is 3.25. The van der Waals surface area contributed by atoms with E-state index in [4.69, 9.17) is 4.74 Å². The third kappa shape index (κ3) is 5.06. The van der Waals surface area contributed by atoms with E-state index in [-0.39, 0.29) is 5.91 Å². The summed E-state index contributed by atoms with van der Waals surface area (Å²) >= 11 is 2.62. The first-order valence-electron chi connectivity index (χ1n) is 9.51. The number of amidine groups is 1. The van der Waals surface area contributed by atoms with Crippen molar-refractivity contribution in [2.45, 2.75) is 39.7 Å². The Balaban J connectivity index is 1.93. The molecule has 1 unspecified atom stereocenters. The van der Waals surface area contributed by atoms with Crippen molar-refractivity contribution in [1.82, 2.24) is 15.1 Å². The Hall–Kier alpha value is -2.72. The molecule has 8 nitrogen and oxygen atoms in total. The molecule has 158 valence electrons. The molecule has 1 atom stereocenters. The zero-order chi connectivity index (χ0) is 21.7. The lowest BCUT2D eigenvalue weighted by Crippen LogP contribution is -2.29. The Morgan fingerprint density at radius 2 is 2.10 bits per heavy atom. The SMILES string of the molecule is CCCN1C(=O)/C(=C\c2ccccc2OC(CC)C(=O)O)S/C1=N/c1nnc(C)s1. The van der Waals surface area contributed by atoms with Crippen LogP contribution in [0.3, 0.4) is 0 Å². The normalized spacial score (nSPS) is 17.7. The second-order valence-corrected chi connectivity index (χ2v) is 8.63. The lowest BCUT2D eigenvalue weighted by molar-refractivity contribution is -0.145. The van der Waals surface area contributed by atoms with Crippen LogP contribution in [-0.4, -0.2) is 49.9 Å². The van der Waals surface area contributed by atoms with Gasteiger partial charge in [-0.2, -0.15) is 4.99 Å². The number of ether oxygens (including phenoxy) is 1. The molecule has 1 aromatic carbocycles. The number of aliphatic imine (C=N–C) groups is 1. The second-order valence-electron chi connectivity index (χ2n) is 6.46. The molecule has 0 spiro atoms. The number of carbonyl (C=O) groups is 2. The number of nitrogens with zero attached hydrogens (tertiary/aromatic N) is 4. The highest BCUT2D eigenvalue weighted by molar-refractivity contribution is 8.18. The molecule has 2 heterocycles. The van der Waals surface area contributed by atoms with E-state index in [1.807, 2.05) is 19.9 Å². The molecule has 0 aliphatic carbocycles. The van der Waals surface area contributed by atoms with Gasteiger partial charge in [-0.15, -0.1) is 10.2 Å². The maximum atomic E-state index is 13.0. The number of hydrogen-bond donors (Lipinski definition) is 1. The number of thioether (sulfide) groups is 1. The van der Waals surface area contributed by atoms with E-state index in [0.717, 1.165) is 11.4 Å². The number of carbonyl (C=O) groups excluding carboxylic acids is 1. The van der Waals surface area contributed by atoms with Gasteiger partial charge in [0.1, 0.15) is 10.8 Å². The zero-order valence-electron chi connectivity index (χ0n) is 16.9. The largest absolute Gasteiger partial charge is 0.479 e. The van der Waals surface area contributed by atoms with Crippen LogP contribution in [0.2, 0.25) is 0 Å². The quantitative estimate of drug-likeness (QED) is 0.609. The van der Waals surface area contributed by atoms with Crippen molar-refractivity contribution in [3.63, 3.8) is 0 Å². The topological polar surface area (TPSA) is 105 Å². The molecule has 3 rings (SSSR count). The highest BCUT2D eigenvalue weighted by Crippen LogP contribution is 2.36. The van der Waals surface area contributed by atoms with Gasteiger partial charge in [0, 0.05) is 12.1 Å². The molecular weight excluding hydrogens is 424 g/mol. The molecular formula is C20H22N4O4S2. The van der Waals surface area contributed by atoms with Crippen molar-refractivity contribution in [2.24, 2.45) is 4.99 Å². The van der Waals surface area contributed by atoms with Gasteiger partial charge in [-0.3, -0.25) is 9.69 Å². The van der Waals surface area contributed by atoms with Crippen LogP contribution in [0.25, 0.3) is 6.08 Å². The minimum absolute atomic E-state index is 0.151. The van der Waals surface area contributed by atoms with Crippen LogP contribution in [0.15, 0.2) is 34.2 Å². The van der Waals surface area contributed by atoms with E-state index in [1.54, 1.807) is 36.1 Å². The van der Waals surface area contributed by atoms with Gasteiger partial charge >= 0.3 is 5.97 Å². The highest BCUT2D eigenvalue weighted by atomic mass is 32.2. The summed E-state index contributed by atoms with van der Waals surface area (Å²) in [5.41, 5.74) is 0.637. The Labute approximate surface area is 182 Å². The number of rotatable bonds is 8. The average molecular weight is 447 g/mol. The fourth-order valence-corrected chi connectivity index (χ4v) is 4.35. The summed E-state index contributed by atoms with van der Waals surface area (Å²) in [5.74, 6) is -0.760. The summed E-state index contributed by atoms with van der Waals surface area (Å²) in [5, 5.41) is 19.1. The van der Waals surface area contributed by atoms with Gasteiger partial charge < -0.3 is 9.84 Å². The lowest BCUT2D eigenvalue weighted by atomic mass is 10.1. The number of para-hydroxylation sites is 1. The standard InChI is InChI=1S/C20H22N4O4S2/c1-4-10-24-17(25)16(30-20(24)21-19-23-22-12(3)29-19)11-13-8-6-7-9-15(13)28-14(5-2)18(26)27/h6-9,11,14H,4-5,10H2,1-3H3,(H,26,27)/b16-11+,21-20+. The van der Waals surface area contributed by atoms with Crippen molar-refractivity contribution in [2.75, 3.05) is 6.54 Å². The minimum Gasteiger partial charge on any atom is -0.479 e. The summed E-state index contributed by atoms with van der Waals surface area (Å²) in [6, 6.07) is 7.07. The summed E-state index contributed by atoms with van der Waals surface area (Å²) in [4.78, 5) is 31.0. The number of aromatic nitrogens is 2. The third-order valence-electron chi connectivity index (χ3n) is 4.16. The highest BCUT2D eigenvalue weighted by Gasteiger charge is 2.33. The second kappa shape index (κ2) is 9.86. The first kappa shape index (κ1) is 22.0. The number of aryl methyl sites for hydroxylation is 1. The van der Waals surface area contributed by atoms with Gasteiger partial charge in [0.2, 0.25) is 5.13 Å². The van der Waals surface area contributed by atoms with Gasteiger partial charge in [-0.05, 0) is 43.7 Å². The smallest absolute Gasteiger partial charge is 0.344 e. The van der Waals surface area contributed by atoms with Gasteiger partial charge in [0.05, 0.1) is 4.91 Å². The first-order valence-corrected chi connectivity index (χ1v) is 11.1. The fourth-order valence-electron chi connectivity index (χ4n) is 2.74. The molecule has 1 aliphatic rings. The van der Waals surface area contributed by atoms with E-state index in [0.29, 0.717) is 39.5 Å². The summed E-state index contributed by atoms with van der Waals surface area (Å²) in [6.45, 7) is 6.12. The van der Waals surface area contributed by atoms with E-state index >= 15 is 0 Å². The van der Waals surface area contributed by atoms with Crippen LogP contribution >= 0.6 is 23.1 Å². The lowest BCUT2D eigenvalue weighted by Gasteiger charge is -2.15. The molecule has 1 fully saturated rings. The maximum Gasteiger partial charge on any atom is 0.344 e. The molecule has 1 aliphatic heterocycles. The van der Waals surface area contributed by atoms with E-state index in [1.165, 1.54) is 23.1 Å². The van der Waals surface area contributed by atoms with Crippen molar-refractivity contribution in [1.29, 1.82) is 0 Å². The predicted molar refractivity (Wildman–Crippen MR) is 118 cm³/mol. The van der Waals surface area contributed by atoms with Crippen LogP contribution in [0.1, 0.15) is 37.3 Å². The first-order chi connectivity index (χ1) is 14.4. The van der Waals surface area contributed by atoms with E-state index in [9.17, 15) is 14.7 Å². The van der Waals surface area contributed by atoms with Crippen LogP contribution in [0.4, 0.5) is 5.13 Å². The van der Waals surface area contributed by atoms with Gasteiger partial charge in [-0.25, -0.2) is 4.79 Å². The number of carboxylic acid groups (broad SMARTS) is 1. The van der Waals surface area contributed by atoms with Crippen LogP contribution < -0.4 is 4.74 Å². The molecule has 30 heavy (non-hydrogen) atoms. The fraction of sp³-hybridized carbons (Fsp3) is 0.350. The molecule has 10 heteroatoms. The Kier molecular flexibility index (Phi) is 7.22. The van der Waals surface area contributed by atoms with E-state index in [2.05, 4.69) is 15.2 Å². The molecule has 1 amide bonds. The number of benzene rings is 1. The Morgan fingerprint density at radius 3 is 2.73 bits per heavy atom. The molecule has 0 saturated carbocycles. The molecule has 1 N–H and O–H groups in total. The monoisotopic (exact) mass is 446 g/mol. The predicted octanol–water partition coefficient (Wildman–Crippen LogP) is 4.10. The van der Waals surface area contributed by atoms with Crippen molar-refractivity contribution in [3.8, 4) is 5.75 Å². The molecule has 0 radical (unpaired) electrons. The summed E-state index contributed by atoms with van der Waals surface area (Å²) < 4.78 is 5.68. The van der Waals surface area contributed by atoms with Crippen molar-refractivity contribution >= 4 is 51.4 Å². The molecule has 1 saturated heterocycles. The number of carboxylic acids is 1. The number of hydrogen-bond acceptors (Lipinski definition) is 8. The number of aliphatic carboxylic acids is 1. The van der Waals surface area contributed by atoms with E-state index < -0.39 is 12.1 Å². The molecule has 0 bridgehead atoms. The summed E-state index contributed by atoms with van der Waals surface area (Å²) in [7, 11) is 0. The summed E-state index contributed by atoms with van der Waals surface area (Å²) in [6.07, 6.45) is 1.87.